The van der Waals surface area contributed by atoms with Gasteiger partial charge in [0.05, 0.1) is 19.0 Å². The van der Waals surface area contributed by atoms with E-state index in [1.165, 1.54) is 7.11 Å². The van der Waals surface area contributed by atoms with Crippen LogP contribution in [0.4, 0.5) is 0 Å². The Hall–Kier alpha value is -3.35. The monoisotopic (exact) mass is 381 g/mol. The largest absolute Gasteiger partial charge is 0.507 e. The zero-order valence-corrected chi connectivity index (χ0v) is 16.6. The Bertz CT molecular complexity index is 1020. The van der Waals surface area contributed by atoms with Crippen molar-refractivity contribution in [3.63, 3.8) is 0 Å². The molecule has 3 aromatic rings. The molecule has 0 aliphatic carbocycles. The first-order valence-corrected chi connectivity index (χ1v) is 8.85. The van der Waals surface area contributed by atoms with Crippen molar-refractivity contribution in [2.45, 2.75) is 34.3 Å². The van der Waals surface area contributed by atoms with Gasteiger partial charge in [-0.05, 0) is 50.5 Å². The summed E-state index contributed by atoms with van der Waals surface area (Å²) in [6.07, 6.45) is 1.82. The molecule has 0 aliphatic heterocycles. The quantitative estimate of drug-likeness (QED) is 0.680. The summed E-state index contributed by atoms with van der Waals surface area (Å²) in [5.74, 6) is -0.244. The number of hydrogen-bond donors (Lipinski definition) is 1. The third-order valence-corrected chi connectivity index (χ3v) is 4.68. The van der Waals surface area contributed by atoms with E-state index in [4.69, 9.17) is 9.47 Å². The highest BCUT2D eigenvalue weighted by atomic mass is 16.5. The molecule has 7 heteroatoms. The van der Waals surface area contributed by atoms with Crippen LogP contribution < -0.4 is 4.74 Å². The highest BCUT2D eigenvalue weighted by Gasteiger charge is 2.20. The molecule has 0 amide bonds. The molecule has 0 saturated heterocycles. The summed E-state index contributed by atoms with van der Waals surface area (Å²) < 4.78 is 12.3. The van der Waals surface area contributed by atoms with Crippen LogP contribution in [0.1, 0.15) is 38.3 Å². The fraction of sp³-hybridized carbons (Fsp3) is 0.286. The Labute approximate surface area is 163 Å². The maximum Gasteiger partial charge on any atom is 0.341 e. The predicted molar refractivity (Wildman–Crippen MR) is 104 cm³/mol. The standard InChI is InChI=1S/C21H23N3O4/c1-12-7-6-8-13(2)19(12)24-10-16(22-23-24)11-28-17-9-14(3)18(21(26)27-5)20(25)15(17)4/h6-10,25H,11H2,1-5H3. The van der Waals surface area contributed by atoms with Crippen molar-refractivity contribution < 1.29 is 19.4 Å². The van der Waals surface area contributed by atoms with Gasteiger partial charge >= 0.3 is 5.97 Å². The number of phenols is 1. The van der Waals surface area contributed by atoms with Gasteiger partial charge in [-0.3, -0.25) is 0 Å². The Morgan fingerprint density at radius 3 is 2.46 bits per heavy atom. The van der Waals surface area contributed by atoms with Crippen LogP contribution in [0.3, 0.4) is 0 Å². The van der Waals surface area contributed by atoms with Crippen LogP contribution in [-0.2, 0) is 11.3 Å². The van der Waals surface area contributed by atoms with Crippen molar-refractivity contribution in [1.29, 1.82) is 0 Å². The van der Waals surface area contributed by atoms with Gasteiger partial charge in [-0.2, -0.15) is 0 Å². The minimum Gasteiger partial charge on any atom is -0.507 e. The smallest absolute Gasteiger partial charge is 0.341 e. The molecule has 0 unspecified atom stereocenters. The fourth-order valence-electron chi connectivity index (χ4n) is 3.17. The van der Waals surface area contributed by atoms with Gasteiger partial charge in [-0.25, -0.2) is 9.48 Å². The summed E-state index contributed by atoms with van der Waals surface area (Å²) in [6.45, 7) is 7.64. The van der Waals surface area contributed by atoms with E-state index in [0.717, 1.165) is 16.8 Å². The fourth-order valence-corrected chi connectivity index (χ4v) is 3.17. The molecule has 7 nitrogen and oxygen atoms in total. The lowest BCUT2D eigenvalue weighted by molar-refractivity contribution is 0.0596. The number of ether oxygens (including phenoxy) is 2. The molecule has 0 saturated carbocycles. The number of rotatable bonds is 5. The van der Waals surface area contributed by atoms with E-state index in [1.54, 1.807) is 24.6 Å². The van der Waals surface area contributed by atoms with Gasteiger partial charge in [-0.15, -0.1) is 5.10 Å². The van der Waals surface area contributed by atoms with E-state index >= 15 is 0 Å². The Morgan fingerprint density at radius 1 is 1.14 bits per heavy atom. The van der Waals surface area contributed by atoms with Gasteiger partial charge in [0.2, 0.25) is 0 Å². The Kier molecular flexibility index (Phi) is 5.35. The summed E-state index contributed by atoms with van der Waals surface area (Å²) >= 11 is 0. The summed E-state index contributed by atoms with van der Waals surface area (Å²) in [7, 11) is 1.28. The number of esters is 1. The van der Waals surface area contributed by atoms with Crippen molar-refractivity contribution in [3.8, 4) is 17.2 Å². The van der Waals surface area contributed by atoms with Gasteiger partial charge in [0.25, 0.3) is 0 Å². The molecule has 3 rings (SSSR count). The van der Waals surface area contributed by atoms with E-state index in [1.807, 2.05) is 38.2 Å². The average Bonchev–Trinajstić information content (AvgIpc) is 3.11. The van der Waals surface area contributed by atoms with Crippen LogP contribution in [0, 0.1) is 27.7 Å². The lowest BCUT2D eigenvalue weighted by Crippen LogP contribution is -2.07. The second-order valence-corrected chi connectivity index (χ2v) is 6.72. The SMILES string of the molecule is COC(=O)c1c(C)cc(OCc2cn(-c3c(C)cccc3C)nn2)c(C)c1O. The minimum atomic E-state index is -0.582. The number of carbonyl (C=O) groups excluding carboxylic acids is 1. The number of para-hydroxylation sites is 1. The number of carbonyl (C=O) groups is 1. The van der Waals surface area contributed by atoms with Crippen molar-refractivity contribution >= 4 is 5.97 Å². The Balaban J connectivity index is 1.82. The first kappa shape index (κ1) is 19.4. The highest BCUT2D eigenvalue weighted by Crippen LogP contribution is 2.34. The molecule has 0 atom stereocenters. The average molecular weight is 381 g/mol. The molecule has 0 aliphatic rings. The van der Waals surface area contributed by atoms with Gasteiger partial charge in [0.1, 0.15) is 29.4 Å². The summed E-state index contributed by atoms with van der Waals surface area (Å²) in [4.78, 5) is 11.8. The predicted octanol–water partition coefficient (Wildman–Crippen LogP) is 3.57. The molecule has 2 aromatic carbocycles. The molecule has 0 spiro atoms. The van der Waals surface area contributed by atoms with Crippen molar-refractivity contribution in [2.24, 2.45) is 0 Å². The molecule has 0 bridgehead atoms. The second kappa shape index (κ2) is 7.72. The number of aromatic nitrogens is 3. The lowest BCUT2D eigenvalue weighted by Gasteiger charge is -2.14. The summed E-state index contributed by atoms with van der Waals surface area (Å²) in [6, 6.07) is 7.76. The number of aromatic hydroxyl groups is 1. The maximum absolute atomic E-state index is 11.8. The van der Waals surface area contributed by atoms with Gasteiger partial charge < -0.3 is 14.6 Å². The molecule has 28 heavy (non-hydrogen) atoms. The number of nitrogens with zero attached hydrogens (tertiary/aromatic N) is 3. The topological polar surface area (TPSA) is 86.5 Å². The van der Waals surface area contributed by atoms with Gasteiger partial charge in [0, 0.05) is 5.56 Å². The summed E-state index contributed by atoms with van der Waals surface area (Å²) in [5.41, 5.74) is 5.04. The Morgan fingerprint density at radius 2 is 1.82 bits per heavy atom. The molecule has 0 radical (unpaired) electrons. The minimum absolute atomic E-state index is 0.138. The van der Waals surface area contributed by atoms with Crippen LogP contribution in [-0.4, -0.2) is 33.2 Å². The van der Waals surface area contributed by atoms with E-state index in [0.29, 0.717) is 22.6 Å². The van der Waals surface area contributed by atoms with E-state index in [-0.39, 0.29) is 17.9 Å². The highest BCUT2D eigenvalue weighted by molar-refractivity contribution is 5.95. The van der Waals surface area contributed by atoms with Crippen LogP contribution in [0.5, 0.6) is 11.5 Å². The first-order valence-electron chi connectivity index (χ1n) is 8.85. The van der Waals surface area contributed by atoms with Crippen LogP contribution in [0.25, 0.3) is 5.69 Å². The zero-order valence-electron chi connectivity index (χ0n) is 16.6. The number of aryl methyl sites for hydroxylation is 3. The molecule has 1 heterocycles. The number of methoxy groups -OCH3 is 1. The number of phenolic OH excluding ortho intramolecular Hbond substituents is 1. The van der Waals surface area contributed by atoms with Crippen molar-refractivity contribution in [1.82, 2.24) is 15.0 Å². The van der Waals surface area contributed by atoms with Crippen LogP contribution in [0.15, 0.2) is 30.5 Å². The van der Waals surface area contributed by atoms with E-state index < -0.39 is 5.97 Å². The van der Waals surface area contributed by atoms with Gasteiger partial charge in [-0.1, -0.05) is 23.4 Å². The first-order chi connectivity index (χ1) is 13.3. The molecule has 1 N–H and O–H groups in total. The molecule has 1 aromatic heterocycles. The molecule has 146 valence electrons. The molecular formula is C21H23N3O4. The van der Waals surface area contributed by atoms with E-state index in [2.05, 4.69) is 10.3 Å². The zero-order chi connectivity index (χ0) is 20.4. The lowest BCUT2D eigenvalue weighted by atomic mass is 10.0. The van der Waals surface area contributed by atoms with Crippen LogP contribution in [0.2, 0.25) is 0 Å². The molecular weight excluding hydrogens is 358 g/mol. The van der Waals surface area contributed by atoms with Crippen molar-refractivity contribution in [2.75, 3.05) is 7.11 Å². The third kappa shape index (κ3) is 3.55. The second-order valence-electron chi connectivity index (χ2n) is 6.72. The summed E-state index contributed by atoms with van der Waals surface area (Å²) in [5, 5.41) is 18.7. The van der Waals surface area contributed by atoms with Gasteiger partial charge in [0.15, 0.2) is 0 Å². The van der Waals surface area contributed by atoms with E-state index in [9.17, 15) is 9.90 Å². The number of hydrogen-bond acceptors (Lipinski definition) is 6. The maximum atomic E-state index is 11.8. The molecule has 0 fully saturated rings. The normalized spacial score (nSPS) is 10.8. The van der Waals surface area contributed by atoms with Crippen LogP contribution >= 0.6 is 0 Å². The van der Waals surface area contributed by atoms with Crippen molar-refractivity contribution in [3.05, 3.63) is 64.0 Å². The third-order valence-electron chi connectivity index (χ3n) is 4.68. The number of benzene rings is 2.